The van der Waals surface area contributed by atoms with Crippen molar-refractivity contribution in [1.29, 1.82) is 0 Å². The van der Waals surface area contributed by atoms with Crippen LogP contribution < -0.4 is 0 Å². The van der Waals surface area contributed by atoms with Crippen LogP contribution in [0.5, 0.6) is 0 Å². The molecule has 4 rings (SSSR count). The minimum Gasteiger partial charge on any atom is -0.375 e. The standard InChI is InChI=1S/C22H30N4O4/c1-25-16-22(12-18(25)21-23-19(14-28-2)30-24-21)8-10-26(11-9-22)20(27)15-29-13-17-6-4-3-5-7-17/h3-7,18H,8-16H2,1-2H3. The van der Waals surface area contributed by atoms with E-state index in [2.05, 4.69) is 22.1 Å². The summed E-state index contributed by atoms with van der Waals surface area (Å²) in [6, 6.07) is 10.1. The minimum absolute atomic E-state index is 0.0751. The van der Waals surface area contributed by atoms with Crippen molar-refractivity contribution in [1.82, 2.24) is 19.9 Å². The van der Waals surface area contributed by atoms with Crippen molar-refractivity contribution < 1.29 is 18.8 Å². The molecule has 8 heteroatoms. The molecule has 0 N–H and O–H groups in total. The monoisotopic (exact) mass is 414 g/mol. The Morgan fingerprint density at radius 3 is 2.73 bits per heavy atom. The number of carbonyl (C=O) groups excluding carboxylic acids is 1. The Bertz CT molecular complexity index is 833. The van der Waals surface area contributed by atoms with E-state index in [0.717, 1.165) is 50.3 Å². The van der Waals surface area contributed by atoms with Gasteiger partial charge in [-0.25, -0.2) is 0 Å². The second-order valence-electron chi connectivity index (χ2n) is 8.47. The molecule has 2 fully saturated rings. The number of rotatable bonds is 7. The fourth-order valence-electron chi connectivity index (χ4n) is 4.66. The van der Waals surface area contributed by atoms with E-state index in [1.807, 2.05) is 35.2 Å². The third-order valence-electron chi connectivity index (χ3n) is 6.31. The second kappa shape index (κ2) is 9.24. The maximum atomic E-state index is 12.6. The molecular weight excluding hydrogens is 384 g/mol. The van der Waals surface area contributed by atoms with Gasteiger partial charge in [0.05, 0.1) is 12.6 Å². The van der Waals surface area contributed by atoms with E-state index in [9.17, 15) is 4.79 Å². The number of amides is 1. The van der Waals surface area contributed by atoms with Crippen LogP contribution in [-0.2, 0) is 27.5 Å². The average Bonchev–Trinajstić information content (AvgIpc) is 3.34. The maximum Gasteiger partial charge on any atom is 0.252 e. The van der Waals surface area contributed by atoms with Gasteiger partial charge in [0.2, 0.25) is 5.91 Å². The highest BCUT2D eigenvalue weighted by atomic mass is 16.5. The molecule has 30 heavy (non-hydrogen) atoms. The Labute approximate surface area is 177 Å². The van der Waals surface area contributed by atoms with Crippen LogP contribution in [0.4, 0.5) is 0 Å². The molecule has 0 saturated carbocycles. The van der Waals surface area contributed by atoms with Crippen LogP contribution >= 0.6 is 0 Å². The van der Waals surface area contributed by atoms with E-state index >= 15 is 0 Å². The largest absolute Gasteiger partial charge is 0.375 e. The number of likely N-dealkylation sites (tertiary alicyclic amines) is 2. The Balaban J connectivity index is 1.26. The van der Waals surface area contributed by atoms with Gasteiger partial charge >= 0.3 is 0 Å². The van der Waals surface area contributed by atoms with Gasteiger partial charge in [0, 0.05) is 26.7 Å². The number of ether oxygens (including phenoxy) is 2. The fraction of sp³-hybridized carbons (Fsp3) is 0.591. The van der Waals surface area contributed by atoms with Gasteiger partial charge in [-0.3, -0.25) is 9.69 Å². The molecule has 8 nitrogen and oxygen atoms in total. The molecule has 1 aromatic heterocycles. The molecule has 2 aliphatic heterocycles. The van der Waals surface area contributed by atoms with Gasteiger partial charge in [-0.15, -0.1) is 0 Å². The first-order valence-electron chi connectivity index (χ1n) is 10.5. The third-order valence-corrected chi connectivity index (χ3v) is 6.31. The van der Waals surface area contributed by atoms with Gasteiger partial charge in [-0.05, 0) is 37.3 Å². The molecule has 0 bridgehead atoms. The topological polar surface area (TPSA) is 80.9 Å². The summed E-state index contributed by atoms with van der Waals surface area (Å²) in [5, 5.41) is 4.16. The lowest BCUT2D eigenvalue weighted by Crippen LogP contribution is -2.45. The summed E-state index contributed by atoms with van der Waals surface area (Å²) in [7, 11) is 3.73. The van der Waals surface area contributed by atoms with Crippen LogP contribution in [0.3, 0.4) is 0 Å². The maximum absolute atomic E-state index is 12.6. The summed E-state index contributed by atoms with van der Waals surface area (Å²) in [4.78, 5) is 21.3. The Morgan fingerprint density at radius 1 is 1.23 bits per heavy atom. The molecule has 1 amide bonds. The van der Waals surface area contributed by atoms with Crippen LogP contribution in [0, 0.1) is 5.41 Å². The summed E-state index contributed by atoms with van der Waals surface area (Å²) in [6.45, 7) is 3.46. The molecule has 1 unspecified atom stereocenters. The lowest BCUT2D eigenvalue weighted by atomic mass is 9.76. The van der Waals surface area contributed by atoms with Crippen LogP contribution in [0.2, 0.25) is 0 Å². The number of nitrogens with zero attached hydrogens (tertiary/aromatic N) is 4. The minimum atomic E-state index is 0.0751. The molecule has 162 valence electrons. The summed E-state index contributed by atoms with van der Waals surface area (Å²) in [5.41, 5.74) is 1.28. The number of hydrogen-bond acceptors (Lipinski definition) is 7. The normalized spacial score (nSPS) is 21.4. The number of benzene rings is 1. The summed E-state index contributed by atoms with van der Waals surface area (Å²) < 4.78 is 16.0. The van der Waals surface area contributed by atoms with Crippen LogP contribution in [0.15, 0.2) is 34.9 Å². The first kappa shape index (κ1) is 21.0. The van der Waals surface area contributed by atoms with Crippen molar-refractivity contribution in [2.75, 3.05) is 40.4 Å². The van der Waals surface area contributed by atoms with Gasteiger partial charge in [0.1, 0.15) is 13.2 Å². The lowest BCUT2D eigenvalue weighted by molar-refractivity contribution is -0.138. The first-order chi connectivity index (χ1) is 14.6. The van der Waals surface area contributed by atoms with E-state index in [-0.39, 0.29) is 24.0 Å². The molecule has 2 aliphatic rings. The molecule has 1 aromatic carbocycles. The second-order valence-corrected chi connectivity index (χ2v) is 8.47. The zero-order chi connectivity index (χ0) is 21.0. The summed E-state index contributed by atoms with van der Waals surface area (Å²) in [5.74, 6) is 1.32. The number of aromatic nitrogens is 2. The van der Waals surface area contributed by atoms with Gasteiger partial charge in [-0.1, -0.05) is 35.5 Å². The number of methoxy groups -OCH3 is 1. The number of carbonyl (C=O) groups is 1. The molecule has 1 atom stereocenters. The van der Waals surface area contributed by atoms with Crippen molar-refractivity contribution in [3.63, 3.8) is 0 Å². The van der Waals surface area contributed by atoms with Gasteiger partial charge in [0.25, 0.3) is 5.89 Å². The van der Waals surface area contributed by atoms with Gasteiger partial charge in [0.15, 0.2) is 5.82 Å². The van der Waals surface area contributed by atoms with Crippen LogP contribution in [-0.4, -0.2) is 66.2 Å². The van der Waals surface area contributed by atoms with Crippen LogP contribution in [0.25, 0.3) is 0 Å². The average molecular weight is 415 g/mol. The zero-order valence-corrected chi connectivity index (χ0v) is 17.7. The van der Waals surface area contributed by atoms with Gasteiger partial charge in [-0.2, -0.15) is 4.98 Å². The van der Waals surface area contributed by atoms with Crippen molar-refractivity contribution in [2.45, 2.75) is 38.5 Å². The highest BCUT2D eigenvalue weighted by Gasteiger charge is 2.46. The van der Waals surface area contributed by atoms with Crippen molar-refractivity contribution in [2.24, 2.45) is 5.41 Å². The summed E-state index contributed by atoms with van der Waals surface area (Å²) in [6.07, 6.45) is 2.96. The fourth-order valence-corrected chi connectivity index (χ4v) is 4.66. The van der Waals surface area contributed by atoms with E-state index in [0.29, 0.717) is 19.1 Å². The lowest BCUT2D eigenvalue weighted by Gasteiger charge is -2.39. The smallest absolute Gasteiger partial charge is 0.252 e. The molecule has 2 saturated heterocycles. The summed E-state index contributed by atoms with van der Waals surface area (Å²) >= 11 is 0. The molecule has 0 aliphatic carbocycles. The van der Waals surface area contributed by atoms with Crippen molar-refractivity contribution in [3.05, 3.63) is 47.6 Å². The SMILES string of the molecule is COCc1nc(C2CC3(CCN(C(=O)COCc4ccccc4)CC3)CN2C)no1. The number of piperidine rings is 1. The predicted molar refractivity (Wildman–Crippen MR) is 109 cm³/mol. The Hall–Kier alpha value is -2.29. The third kappa shape index (κ3) is 4.71. The molecular formula is C22H30N4O4. The zero-order valence-electron chi connectivity index (χ0n) is 17.7. The van der Waals surface area contributed by atoms with E-state index in [1.54, 1.807) is 7.11 Å². The van der Waals surface area contributed by atoms with Crippen molar-refractivity contribution >= 4 is 5.91 Å². The highest BCUT2D eigenvalue weighted by Crippen LogP contribution is 2.47. The predicted octanol–water partition coefficient (Wildman–Crippen LogP) is 2.42. The number of hydrogen-bond donors (Lipinski definition) is 0. The quantitative estimate of drug-likeness (QED) is 0.688. The van der Waals surface area contributed by atoms with E-state index in [4.69, 9.17) is 14.0 Å². The van der Waals surface area contributed by atoms with Crippen molar-refractivity contribution in [3.8, 4) is 0 Å². The highest BCUT2D eigenvalue weighted by molar-refractivity contribution is 5.77. The van der Waals surface area contributed by atoms with E-state index in [1.165, 1.54) is 0 Å². The van der Waals surface area contributed by atoms with Crippen LogP contribution in [0.1, 0.15) is 42.6 Å². The molecule has 2 aromatic rings. The van der Waals surface area contributed by atoms with E-state index < -0.39 is 0 Å². The molecule has 0 radical (unpaired) electrons. The Kier molecular flexibility index (Phi) is 6.46. The molecule has 1 spiro atoms. The molecule has 3 heterocycles. The van der Waals surface area contributed by atoms with Gasteiger partial charge < -0.3 is 18.9 Å². The first-order valence-corrected chi connectivity index (χ1v) is 10.5. The Morgan fingerprint density at radius 2 is 2.00 bits per heavy atom.